The summed E-state index contributed by atoms with van der Waals surface area (Å²) < 4.78 is 6.96. The number of benzene rings is 1. The van der Waals surface area contributed by atoms with Gasteiger partial charge in [0.15, 0.2) is 5.11 Å². The molecule has 1 amide bonds. The van der Waals surface area contributed by atoms with Gasteiger partial charge in [-0.1, -0.05) is 6.07 Å². The maximum Gasteiger partial charge on any atom is 0.250 e. The molecule has 0 bridgehead atoms. The van der Waals surface area contributed by atoms with E-state index in [-0.39, 0.29) is 24.6 Å². The van der Waals surface area contributed by atoms with Crippen LogP contribution in [0.3, 0.4) is 0 Å². The largest absolute Gasteiger partial charge is 0.375 e. The van der Waals surface area contributed by atoms with Crippen LogP contribution in [0, 0.1) is 0 Å². The van der Waals surface area contributed by atoms with Crippen LogP contribution in [0.2, 0.25) is 0 Å². The Morgan fingerprint density at radius 2 is 2.00 bits per heavy atom. The zero-order valence-corrected chi connectivity index (χ0v) is 17.6. The van der Waals surface area contributed by atoms with E-state index in [9.17, 15) is 4.79 Å². The van der Waals surface area contributed by atoms with Crippen molar-refractivity contribution >= 4 is 34.6 Å². The number of aryl methyl sites for hydroxylation is 1. The van der Waals surface area contributed by atoms with Crippen molar-refractivity contribution < 1.29 is 9.53 Å². The summed E-state index contributed by atoms with van der Waals surface area (Å²) >= 11 is 5.72. The van der Waals surface area contributed by atoms with Crippen LogP contribution in [-0.2, 0) is 16.6 Å². The highest BCUT2D eigenvalue weighted by Crippen LogP contribution is 2.41. The van der Waals surface area contributed by atoms with E-state index in [1.165, 1.54) is 7.11 Å². The van der Waals surface area contributed by atoms with Gasteiger partial charge < -0.3 is 24.8 Å². The third kappa shape index (κ3) is 3.92. The van der Waals surface area contributed by atoms with Crippen molar-refractivity contribution in [3.8, 4) is 0 Å². The van der Waals surface area contributed by atoms with Gasteiger partial charge in [0.05, 0.1) is 11.7 Å². The molecular formula is C22H23N5O2S. The number of pyridine rings is 1. The number of amides is 1. The van der Waals surface area contributed by atoms with Gasteiger partial charge in [0.25, 0.3) is 0 Å². The van der Waals surface area contributed by atoms with Crippen molar-refractivity contribution in [3.05, 3.63) is 78.4 Å². The third-order valence-corrected chi connectivity index (χ3v) is 5.40. The molecule has 0 saturated carbocycles. The fourth-order valence-electron chi connectivity index (χ4n) is 3.75. The summed E-state index contributed by atoms with van der Waals surface area (Å²) in [6, 6.07) is 17.5. The number of carbonyl (C=O) groups excluding carboxylic acids is 1. The van der Waals surface area contributed by atoms with E-state index in [0.29, 0.717) is 10.8 Å². The number of thiocarbonyl (C=S) groups is 1. The number of nitrogens with one attached hydrogen (secondary N) is 2. The van der Waals surface area contributed by atoms with E-state index in [0.717, 1.165) is 17.1 Å². The lowest BCUT2D eigenvalue weighted by Crippen LogP contribution is -2.30. The van der Waals surface area contributed by atoms with Gasteiger partial charge in [-0.25, -0.2) is 0 Å². The Bertz CT molecular complexity index is 1040. The lowest BCUT2D eigenvalue weighted by atomic mass is 10.0. The third-order valence-electron chi connectivity index (χ3n) is 5.09. The minimum Gasteiger partial charge on any atom is -0.375 e. The number of carbonyl (C=O) groups is 1. The van der Waals surface area contributed by atoms with Crippen LogP contribution in [0.1, 0.15) is 23.5 Å². The predicted molar refractivity (Wildman–Crippen MR) is 120 cm³/mol. The smallest absolute Gasteiger partial charge is 0.250 e. The van der Waals surface area contributed by atoms with Crippen LogP contribution in [0.15, 0.2) is 67.0 Å². The lowest BCUT2D eigenvalue weighted by Gasteiger charge is -2.28. The molecule has 2 N–H and O–H groups in total. The molecule has 7 nitrogen and oxygen atoms in total. The average Bonchev–Trinajstić information content (AvgIpc) is 3.32. The molecule has 2 atom stereocenters. The van der Waals surface area contributed by atoms with Gasteiger partial charge in [-0.3, -0.25) is 9.78 Å². The molecule has 3 aromatic rings. The molecule has 0 unspecified atom stereocenters. The molecule has 8 heteroatoms. The summed E-state index contributed by atoms with van der Waals surface area (Å²) in [5.74, 6) is -0.194. The SMILES string of the molecule is COCC(=O)Nc1ccc(N2C(=S)N[C@H](c3ccccn3)[C@@H]2c2cccn2C)cc1. The molecule has 0 aliphatic carbocycles. The minimum absolute atomic E-state index is 0.0171. The zero-order chi connectivity index (χ0) is 21.1. The second kappa shape index (κ2) is 8.64. The molecule has 1 aliphatic heterocycles. The Hall–Kier alpha value is -3.23. The Labute approximate surface area is 180 Å². The molecule has 0 spiro atoms. The number of anilines is 2. The summed E-state index contributed by atoms with van der Waals surface area (Å²) in [6.45, 7) is 0.0171. The van der Waals surface area contributed by atoms with E-state index in [4.69, 9.17) is 17.0 Å². The molecule has 3 heterocycles. The van der Waals surface area contributed by atoms with E-state index in [1.54, 1.807) is 6.20 Å². The van der Waals surface area contributed by atoms with Crippen LogP contribution in [-0.4, -0.2) is 34.3 Å². The van der Waals surface area contributed by atoms with Crippen molar-refractivity contribution in [2.24, 2.45) is 7.05 Å². The van der Waals surface area contributed by atoms with Crippen LogP contribution >= 0.6 is 12.2 Å². The highest BCUT2D eigenvalue weighted by atomic mass is 32.1. The lowest BCUT2D eigenvalue weighted by molar-refractivity contribution is -0.119. The van der Waals surface area contributed by atoms with Crippen molar-refractivity contribution in [2.45, 2.75) is 12.1 Å². The number of rotatable bonds is 6. The molecule has 4 rings (SSSR count). The molecular weight excluding hydrogens is 398 g/mol. The second-order valence-corrected chi connectivity index (χ2v) is 7.46. The van der Waals surface area contributed by atoms with Crippen LogP contribution in [0.5, 0.6) is 0 Å². The van der Waals surface area contributed by atoms with Gasteiger partial charge in [0.1, 0.15) is 12.6 Å². The minimum atomic E-state index is -0.194. The van der Waals surface area contributed by atoms with Crippen molar-refractivity contribution in [3.63, 3.8) is 0 Å². The molecule has 2 aromatic heterocycles. The second-order valence-electron chi connectivity index (χ2n) is 7.07. The Kier molecular flexibility index (Phi) is 5.78. The highest BCUT2D eigenvalue weighted by Gasteiger charge is 2.41. The normalized spacial score (nSPS) is 18.3. The van der Waals surface area contributed by atoms with Crippen molar-refractivity contribution in [1.82, 2.24) is 14.9 Å². The molecule has 1 saturated heterocycles. The Balaban J connectivity index is 1.68. The van der Waals surface area contributed by atoms with E-state index < -0.39 is 0 Å². The van der Waals surface area contributed by atoms with E-state index in [1.807, 2.05) is 61.8 Å². The number of nitrogens with zero attached hydrogens (tertiary/aromatic N) is 3. The summed E-state index contributed by atoms with van der Waals surface area (Å²) in [6.07, 6.45) is 3.82. The molecule has 1 fully saturated rings. The quantitative estimate of drug-likeness (QED) is 0.596. The van der Waals surface area contributed by atoms with Gasteiger partial charge in [-0.15, -0.1) is 0 Å². The van der Waals surface area contributed by atoms with Crippen LogP contribution in [0.4, 0.5) is 11.4 Å². The van der Waals surface area contributed by atoms with Gasteiger partial charge in [-0.05, 0) is 60.7 Å². The maximum absolute atomic E-state index is 11.8. The van der Waals surface area contributed by atoms with Crippen molar-refractivity contribution in [1.29, 1.82) is 0 Å². The van der Waals surface area contributed by atoms with Gasteiger partial charge in [0.2, 0.25) is 5.91 Å². The fraction of sp³-hybridized carbons (Fsp3) is 0.227. The number of hydrogen-bond donors (Lipinski definition) is 2. The first-order valence-electron chi connectivity index (χ1n) is 9.59. The zero-order valence-electron chi connectivity index (χ0n) is 16.8. The van der Waals surface area contributed by atoms with Gasteiger partial charge in [-0.2, -0.15) is 0 Å². The van der Waals surface area contributed by atoms with Crippen LogP contribution in [0.25, 0.3) is 0 Å². The summed E-state index contributed by atoms with van der Waals surface area (Å²) in [5, 5.41) is 6.88. The monoisotopic (exact) mass is 421 g/mol. The Morgan fingerprint density at radius 1 is 1.20 bits per heavy atom. The van der Waals surface area contributed by atoms with Crippen molar-refractivity contribution in [2.75, 3.05) is 23.9 Å². The highest BCUT2D eigenvalue weighted by molar-refractivity contribution is 7.80. The number of ether oxygens (including phenoxy) is 1. The van der Waals surface area contributed by atoms with Gasteiger partial charge >= 0.3 is 0 Å². The molecule has 1 aliphatic rings. The Morgan fingerprint density at radius 3 is 2.63 bits per heavy atom. The average molecular weight is 422 g/mol. The number of methoxy groups -OCH3 is 1. The summed E-state index contributed by atoms with van der Waals surface area (Å²) in [4.78, 5) is 18.4. The summed E-state index contributed by atoms with van der Waals surface area (Å²) in [5.41, 5.74) is 3.69. The van der Waals surface area contributed by atoms with E-state index >= 15 is 0 Å². The first kappa shape index (κ1) is 20.1. The predicted octanol–water partition coefficient (Wildman–Crippen LogP) is 3.18. The fourth-order valence-corrected chi connectivity index (χ4v) is 4.09. The standard InChI is InChI=1S/C22H23N5O2S/c1-26-13-5-7-18(26)21-20(17-6-3-4-12-23-17)25-22(30)27(21)16-10-8-15(9-11-16)24-19(28)14-29-2/h3-13,20-21H,14H2,1-2H3,(H,24,28)(H,25,30)/t20-,21+/m1/s1. The first-order valence-corrected chi connectivity index (χ1v) is 10.00. The molecule has 30 heavy (non-hydrogen) atoms. The molecule has 0 radical (unpaired) electrons. The first-order chi connectivity index (χ1) is 14.6. The van der Waals surface area contributed by atoms with Gasteiger partial charge in [0, 0.05) is 43.6 Å². The maximum atomic E-state index is 11.8. The topological polar surface area (TPSA) is 71.4 Å². The van der Waals surface area contributed by atoms with Crippen LogP contribution < -0.4 is 15.5 Å². The number of aromatic nitrogens is 2. The summed E-state index contributed by atoms with van der Waals surface area (Å²) in [7, 11) is 3.52. The molecule has 1 aromatic carbocycles. The molecule has 154 valence electrons. The van der Waals surface area contributed by atoms with E-state index in [2.05, 4.69) is 31.2 Å². The number of hydrogen-bond acceptors (Lipinski definition) is 4.